The molecule has 1 aliphatic rings. The minimum Gasteiger partial charge on any atom is -0.497 e. The Balaban J connectivity index is 1.59. The molecule has 0 spiro atoms. The highest BCUT2D eigenvalue weighted by molar-refractivity contribution is 5.55. The lowest BCUT2D eigenvalue weighted by atomic mass is 10.0. The van der Waals surface area contributed by atoms with Gasteiger partial charge in [-0.3, -0.25) is 4.90 Å². The molecule has 5 nitrogen and oxygen atoms in total. The zero-order chi connectivity index (χ0) is 20.6. The molecule has 2 unspecified atom stereocenters. The molecule has 1 saturated heterocycles. The quantitative estimate of drug-likeness (QED) is 0.683. The Morgan fingerprint density at radius 1 is 1.14 bits per heavy atom. The van der Waals surface area contributed by atoms with Crippen LogP contribution in [0.2, 0.25) is 0 Å². The van der Waals surface area contributed by atoms with Crippen molar-refractivity contribution in [2.24, 2.45) is 0 Å². The summed E-state index contributed by atoms with van der Waals surface area (Å²) >= 11 is 0. The van der Waals surface area contributed by atoms with Crippen molar-refractivity contribution in [2.75, 3.05) is 33.9 Å². The van der Waals surface area contributed by atoms with E-state index >= 15 is 0 Å². The van der Waals surface area contributed by atoms with E-state index in [4.69, 9.17) is 14.2 Å². The van der Waals surface area contributed by atoms with E-state index in [1.165, 1.54) is 5.56 Å². The van der Waals surface area contributed by atoms with Crippen LogP contribution >= 0.6 is 0 Å². The second kappa shape index (κ2) is 10.3. The average molecular weight is 398 g/mol. The third kappa shape index (κ3) is 5.52. The molecule has 2 aromatic rings. The zero-order valence-corrected chi connectivity index (χ0v) is 17.5. The molecule has 156 valence electrons. The molecular formula is C24H31NO4. The van der Waals surface area contributed by atoms with Crippen LogP contribution in [0.1, 0.15) is 36.9 Å². The monoisotopic (exact) mass is 397 g/mol. The van der Waals surface area contributed by atoms with Gasteiger partial charge in [-0.15, -0.1) is 0 Å². The van der Waals surface area contributed by atoms with E-state index < -0.39 is 6.10 Å². The molecular weight excluding hydrogens is 366 g/mol. The van der Waals surface area contributed by atoms with Gasteiger partial charge < -0.3 is 19.3 Å². The summed E-state index contributed by atoms with van der Waals surface area (Å²) in [7, 11) is 3.31. The summed E-state index contributed by atoms with van der Waals surface area (Å²) in [5, 5.41) is 10.6. The number of rotatable bonds is 9. The highest BCUT2D eigenvalue weighted by Gasteiger charge is 2.28. The van der Waals surface area contributed by atoms with Crippen molar-refractivity contribution >= 4 is 6.08 Å². The minimum absolute atomic E-state index is 0.223. The van der Waals surface area contributed by atoms with Crippen LogP contribution < -0.4 is 14.2 Å². The van der Waals surface area contributed by atoms with Gasteiger partial charge in [-0.25, -0.2) is 0 Å². The molecule has 2 aromatic carbocycles. The molecule has 0 aromatic heterocycles. The van der Waals surface area contributed by atoms with Crippen LogP contribution in [-0.4, -0.2) is 50.0 Å². The fourth-order valence-corrected chi connectivity index (χ4v) is 3.88. The number of benzene rings is 2. The van der Waals surface area contributed by atoms with Gasteiger partial charge in [0.2, 0.25) is 0 Å². The molecule has 1 fully saturated rings. The van der Waals surface area contributed by atoms with Gasteiger partial charge in [0.05, 0.1) is 14.2 Å². The van der Waals surface area contributed by atoms with Crippen molar-refractivity contribution in [1.82, 2.24) is 4.90 Å². The highest BCUT2D eigenvalue weighted by Crippen LogP contribution is 2.34. The van der Waals surface area contributed by atoms with Gasteiger partial charge in [0.15, 0.2) is 11.5 Å². The Hall–Kier alpha value is -2.50. The van der Waals surface area contributed by atoms with Crippen LogP contribution in [0.25, 0.3) is 6.08 Å². The molecule has 2 atom stereocenters. The normalized spacial score (nSPS) is 18.1. The first-order valence-corrected chi connectivity index (χ1v) is 10.1. The molecule has 29 heavy (non-hydrogen) atoms. The van der Waals surface area contributed by atoms with Crippen molar-refractivity contribution in [3.63, 3.8) is 0 Å². The predicted molar refractivity (Wildman–Crippen MR) is 116 cm³/mol. The fourth-order valence-electron chi connectivity index (χ4n) is 3.88. The van der Waals surface area contributed by atoms with E-state index in [0.29, 0.717) is 24.1 Å². The summed E-state index contributed by atoms with van der Waals surface area (Å²) in [6.45, 7) is 3.74. The first kappa shape index (κ1) is 21.2. The minimum atomic E-state index is -0.582. The van der Waals surface area contributed by atoms with Crippen molar-refractivity contribution < 1.29 is 19.3 Å². The predicted octanol–water partition coefficient (Wildman–Crippen LogP) is 4.31. The summed E-state index contributed by atoms with van der Waals surface area (Å²) in [5.74, 6) is 2.18. The first-order chi connectivity index (χ1) is 14.1. The van der Waals surface area contributed by atoms with Crippen LogP contribution in [-0.2, 0) is 0 Å². The number of aliphatic hydroxyl groups is 1. The van der Waals surface area contributed by atoms with Gasteiger partial charge in [-0.1, -0.05) is 30.4 Å². The van der Waals surface area contributed by atoms with E-state index in [9.17, 15) is 5.11 Å². The molecule has 0 bridgehead atoms. The van der Waals surface area contributed by atoms with E-state index in [2.05, 4.69) is 17.0 Å². The number of β-amino-alcohol motifs (C(OH)–C–C–N with tert-alkyl or cyclic N) is 1. The molecule has 1 aliphatic heterocycles. The van der Waals surface area contributed by atoms with Gasteiger partial charge in [0.1, 0.15) is 18.5 Å². The van der Waals surface area contributed by atoms with E-state index in [-0.39, 0.29) is 6.61 Å². The molecule has 0 aliphatic carbocycles. The van der Waals surface area contributed by atoms with Gasteiger partial charge >= 0.3 is 0 Å². The Morgan fingerprint density at radius 2 is 2.00 bits per heavy atom. The molecule has 1 N–H and O–H groups in total. The molecule has 1 heterocycles. The number of aliphatic hydroxyl groups excluding tert-OH is 1. The Kier molecular flexibility index (Phi) is 7.55. The summed E-state index contributed by atoms with van der Waals surface area (Å²) in [4.78, 5) is 2.33. The fraction of sp³-hybridized carbons (Fsp3) is 0.417. The lowest BCUT2D eigenvalue weighted by Gasteiger charge is -2.27. The van der Waals surface area contributed by atoms with Gasteiger partial charge in [-0.05, 0) is 61.7 Å². The second-order valence-corrected chi connectivity index (χ2v) is 7.30. The van der Waals surface area contributed by atoms with Crippen LogP contribution in [0.3, 0.4) is 0 Å². The van der Waals surface area contributed by atoms with Crippen molar-refractivity contribution in [1.29, 1.82) is 0 Å². The third-order valence-electron chi connectivity index (χ3n) is 5.27. The van der Waals surface area contributed by atoms with Gasteiger partial charge in [0.25, 0.3) is 0 Å². The maximum absolute atomic E-state index is 10.6. The molecule has 0 radical (unpaired) electrons. The Labute approximate surface area is 173 Å². The lowest BCUT2D eigenvalue weighted by Crippen LogP contribution is -2.35. The smallest absolute Gasteiger partial charge is 0.161 e. The highest BCUT2D eigenvalue weighted by atomic mass is 16.5. The number of hydrogen-bond acceptors (Lipinski definition) is 5. The number of likely N-dealkylation sites (tertiary alicyclic amines) is 1. The van der Waals surface area contributed by atoms with Crippen molar-refractivity contribution in [3.8, 4) is 17.2 Å². The topological polar surface area (TPSA) is 51.2 Å². The van der Waals surface area contributed by atoms with Gasteiger partial charge in [-0.2, -0.15) is 0 Å². The average Bonchev–Trinajstić information content (AvgIpc) is 3.21. The van der Waals surface area contributed by atoms with Crippen LogP contribution in [0, 0.1) is 0 Å². The lowest BCUT2D eigenvalue weighted by molar-refractivity contribution is 0.0629. The van der Waals surface area contributed by atoms with Crippen molar-refractivity contribution in [3.05, 3.63) is 59.7 Å². The first-order valence-electron chi connectivity index (χ1n) is 10.1. The molecule has 0 amide bonds. The summed E-state index contributed by atoms with van der Waals surface area (Å²) in [5.41, 5.74) is 2.28. The van der Waals surface area contributed by atoms with Crippen LogP contribution in [0.15, 0.2) is 48.5 Å². The van der Waals surface area contributed by atoms with E-state index in [0.717, 1.165) is 30.7 Å². The molecule has 0 saturated carbocycles. The van der Waals surface area contributed by atoms with Crippen LogP contribution in [0.4, 0.5) is 0 Å². The summed E-state index contributed by atoms with van der Waals surface area (Å²) in [6, 6.07) is 14.3. The van der Waals surface area contributed by atoms with E-state index in [1.54, 1.807) is 14.2 Å². The Bertz CT molecular complexity index is 820. The summed E-state index contributed by atoms with van der Waals surface area (Å²) < 4.78 is 16.7. The van der Waals surface area contributed by atoms with E-state index in [1.807, 2.05) is 49.4 Å². The largest absolute Gasteiger partial charge is 0.497 e. The Morgan fingerprint density at radius 3 is 2.76 bits per heavy atom. The molecule has 5 heteroatoms. The number of nitrogens with zero attached hydrogens (tertiary/aromatic N) is 1. The van der Waals surface area contributed by atoms with Gasteiger partial charge in [0, 0.05) is 12.6 Å². The molecule has 3 rings (SSSR count). The maximum Gasteiger partial charge on any atom is 0.161 e. The SMILES string of the molecule is C/C=C/c1ccc(OCC(O)CN2CCCC2c2cccc(OC)c2)c(OC)c1. The van der Waals surface area contributed by atoms with Crippen LogP contribution in [0.5, 0.6) is 17.2 Å². The maximum atomic E-state index is 10.6. The number of hydrogen-bond donors (Lipinski definition) is 1. The standard InChI is InChI=1S/C24H31NO4/c1-4-7-18-11-12-23(24(14-18)28-3)29-17-20(26)16-25-13-6-10-22(25)19-8-5-9-21(15-19)27-2/h4-5,7-9,11-12,14-15,20,22,26H,6,10,13,16-17H2,1-3H3/b7-4+. The third-order valence-corrected chi connectivity index (χ3v) is 5.27. The number of methoxy groups -OCH3 is 2. The van der Waals surface area contributed by atoms with Crippen molar-refractivity contribution in [2.45, 2.75) is 31.9 Å². The number of allylic oxidation sites excluding steroid dienone is 1. The number of ether oxygens (including phenoxy) is 3. The zero-order valence-electron chi connectivity index (χ0n) is 17.5. The second-order valence-electron chi connectivity index (χ2n) is 7.30. The summed E-state index contributed by atoms with van der Waals surface area (Å²) in [6.07, 6.45) is 5.61.